The van der Waals surface area contributed by atoms with Gasteiger partial charge in [0.25, 0.3) is 0 Å². The molecular weight excluding hydrogens is 244 g/mol. The van der Waals surface area contributed by atoms with Crippen LogP contribution < -0.4 is 15.2 Å². The summed E-state index contributed by atoms with van der Waals surface area (Å²) < 4.78 is 10.6. The number of hydrogen-bond donors (Lipinski definition) is 1. The Morgan fingerprint density at radius 1 is 1.26 bits per heavy atom. The second kappa shape index (κ2) is 5.23. The molecule has 1 aromatic carbocycles. The largest absolute Gasteiger partial charge is 0.497 e. The maximum absolute atomic E-state index is 8.85. The molecule has 0 radical (unpaired) electrons. The van der Waals surface area contributed by atoms with Crippen LogP contribution in [-0.4, -0.2) is 17.1 Å². The van der Waals surface area contributed by atoms with Crippen molar-refractivity contribution in [2.45, 2.75) is 6.92 Å². The second-order valence-electron chi connectivity index (χ2n) is 3.79. The first-order valence-corrected chi connectivity index (χ1v) is 5.49. The minimum atomic E-state index is 0.0801. The number of aryl methyl sites for hydroxylation is 1. The third kappa shape index (κ3) is 2.90. The summed E-state index contributed by atoms with van der Waals surface area (Å²) >= 11 is 0. The van der Waals surface area contributed by atoms with Gasteiger partial charge in [0.15, 0.2) is 5.75 Å². The van der Waals surface area contributed by atoms with Gasteiger partial charge in [0.05, 0.1) is 12.8 Å². The lowest BCUT2D eigenvalue weighted by Gasteiger charge is -2.09. The zero-order valence-electron chi connectivity index (χ0n) is 10.5. The Bertz CT molecular complexity index is 650. The number of nitrogens with two attached hydrogens (primary N) is 1. The Morgan fingerprint density at radius 3 is 2.74 bits per heavy atom. The fraction of sp³-hybridized carbons (Fsp3) is 0.154. The average Bonchev–Trinajstić information content (AvgIpc) is 2.40. The van der Waals surface area contributed by atoms with Crippen LogP contribution in [0.1, 0.15) is 11.4 Å². The predicted molar refractivity (Wildman–Crippen MR) is 69.0 cm³/mol. The monoisotopic (exact) mass is 256 g/mol. The van der Waals surface area contributed by atoms with Gasteiger partial charge in [-0.2, -0.15) is 10.2 Å². The van der Waals surface area contributed by atoms with Crippen LogP contribution >= 0.6 is 0 Å². The summed E-state index contributed by atoms with van der Waals surface area (Å²) in [6.07, 6.45) is 0. The molecule has 2 rings (SSSR count). The maximum atomic E-state index is 8.85. The van der Waals surface area contributed by atoms with Crippen molar-refractivity contribution in [3.63, 3.8) is 0 Å². The molecule has 0 amide bonds. The summed E-state index contributed by atoms with van der Waals surface area (Å²) in [5, 5.41) is 8.85. The van der Waals surface area contributed by atoms with Gasteiger partial charge >= 0.3 is 6.01 Å². The number of benzene rings is 1. The molecule has 2 aromatic rings. The van der Waals surface area contributed by atoms with E-state index in [1.807, 2.05) is 6.07 Å². The third-order valence-corrected chi connectivity index (χ3v) is 2.37. The molecule has 0 fully saturated rings. The number of nitriles is 1. The highest BCUT2D eigenvalue weighted by Gasteiger charge is 2.08. The first-order valence-electron chi connectivity index (χ1n) is 5.49. The van der Waals surface area contributed by atoms with E-state index < -0.39 is 0 Å². The van der Waals surface area contributed by atoms with E-state index in [1.54, 1.807) is 38.3 Å². The molecule has 6 heteroatoms. The van der Waals surface area contributed by atoms with Crippen LogP contribution in [0.3, 0.4) is 0 Å². The van der Waals surface area contributed by atoms with Crippen molar-refractivity contribution in [1.82, 2.24) is 9.97 Å². The number of anilines is 1. The van der Waals surface area contributed by atoms with Gasteiger partial charge in [0.1, 0.15) is 17.5 Å². The van der Waals surface area contributed by atoms with Gasteiger partial charge in [0, 0.05) is 11.8 Å². The molecule has 0 spiro atoms. The van der Waals surface area contributed by atoms with Crippen LogP contribution in [0.4, 0.5) is 5.69 Å². The molecule has 0 atom stereocenters. The molecule has 0 unspecified atom stereocenters. The van der Waals surface area contributed by atoms with Crippen molar-refractivity contribution in [2.24, 2.45) is 0 Å². The highest BCUT2D eigenvalue weighted by molar-refractivity contribution is 5.56. The fourth-order valence-corrected chi connectivity index (χ4v) is 1.47. The van der Waals surface area contributed by atoms with Crippen molar-refractivity contribution in [3.8, 4) is 23.6 Å². The molecule has 1 aromatic heterocycles. The number of methoxy groups -OCH3 is 1. The minimum absolute atomic E-state index is 0.0801. The van der Waals surface area contributed by atoms with Crippen LogP contribution in [0.25, 0.3) is 0 Å². The lowest BCUT2D eigenvalue weighted by molar-refractivity contribution is 0.404. The first-order chi connectivity index (χ1) is 9.12. The number of aromatic nitrogens is 2. The molecule has 0 saturated carbocycles. The van der Waals surface area contributed by atoms with E-state index in [-0.39, 0.29) is 11.7 Å². The summed E-state index contributed by atoms with van der Waals surface area (Å²) in [4.78, 5) is 8.05. The van der Waals surface area contributed by atoms with Gasteiger partial charge in [-0.1, -0.05) is 0 Å². The minimum Gasteiger partial charge on any atom is -0.497 e. The molecule has 2 N–H and O–H groups in total. The lowest BCUT2D eigenvalue weighted by Crippen LogP contribution is -1.99. The Balaban J connectivity index is 2.36. The highest BCUT2D eigenvalue weighted by atomic mass is 16.5. The van der Waals surface area contributed by atoms with Gasteiger partial charge < -0.3 is 15.2 Å². The van der Waals surface area contributed by atoms with E-state index in [9.17, 15) is 0 Å². The number of ether oxygens (including phenoxy) is 2. The first kappa shape index (κ1) is 12.6. The van der Waals surface area contributed by atoms with Crippen LogP contribution in [0.2, 0.25) is 0 Å². The Hall–Kier alpha value is -2.81. The van der Waals surface area contributed by atoms with E-state index >= 15 is 0 Å². The molecule has 96 valence electrons. The van der Waals surface area contributed by atoms with Crippen molar-refractivity contribution >= 4 is 5.69 Å². The summed E-state index contributed by atoms with van der Waals surface area (Å²) in [5.41, 5.74) is 7.12. The van der Waals surface area contributed by atoms with E-state index in [2.05, 4.69) is 9.97 Å². The molecule has 0 saturated heterocycles. The van der Waals surface area contributed by atoms with Crippen molar-refractivity contribution in [2.75, 3.05) is 12.8 Å². The van der Waals surface area contributed by atoms with Crippen molar-refractivity contribution < 1.29 is 9.47 Å². The van der Waals surface area contributed by atoms with Crippen molar-refractivity contribution in [3.05, 3.63) is 35.7 Å². The Labute approximate surface area is 110 Å². The van der Waals surface area contributed by atoms with Crippen molar-refractivity contribution in [1.29, 1.82) is 5.26 Å². The predicted octanol–water partition coefficient (Wildman–Crippen LogP) is 2.04. The van der Waals surface area contributed by atoms with Gasteiger partial charge in [-0.3, -0.25) is 0 Å². The summed E-state index contributed by atoms with van der Waals surface area (Å²) in [7, 11) is 1.55. The molecule has 0 bridgehead atoms. The van der Waals surface area contributed by atoms with Gasteiger partial charge in [-0.25, -0.2) is 4.98 Å². The van der Waals surface area contributed by atoms with Crippen LogP contribution in [0, 0.1) is 18.3 Å². The summed E-state index contributed by atoms with van der Waals surface area (Å²) in [6, 6.07) is 8.61. The van der Waals surface area contributed by atoms with E-state index in [1.165, 1.54) is 0 Å². The third-order valence-electron chi connectivity index (χ3n) is 2.37. The zero-order valence-corrected chi connectivity index (χ0v) is 10.5. The van der Waals surface area contributed by atoms with E-state index in [0.717, 1.165) is 0 Å². The number of hydrogen-bond acceptors (Lipinski definition) is 6. The second-order valence-corrected chi connectivity index (χ2v) is 3.79. The Morgan fingerprint density at radius 2 is 2.05 bits per heavy atom. The van der Waals surface area contributed by atoms with Crippen LogP contribution in [0.15, 0.2) is 24.3 Å². The Kier molecular flexibility index (Phi) is 3.48. The van der Waals surface area contributed by atoms with Gasteiger partial charge in [-0.15, -0.1) is 0 Å². The summed E-state index contributed by atoms with van der Waals surface area (Å²) in [5.74, 6) is 0.992. The topological polar surface area (TPSA) is 94.0 Å². The van der Waals surface area contributed by atoms with E-state index in [4.69, 9.17) is 20.5 Å². The fourth-order valence-electron chi connectivity index (χ4n) is 1.47. The van der Waals surface area contributed by atoms with E-state index in [0.29, 0.717) is 22.9 Å². The molecule has 0 aliphatic heterocycles. The lowest BCUT2D eigenvalue weighted by atomic mass is 10.3. The van der Waals surface area contributed by atoms with Crippen LogP contribution in [-0.2, 0) is 0 Å². The average molecular weight is 256 g/mol. The molecular formula is C13H12N4O2. The maximum Gasteiger partial charge on any atom is 0.323 e. The number of nitrogens with zero attached hydrogens (tertiary/aromatic N) is 3. The molecule has 0 aliphatic carbocycles. The molecule has 6 nitrogen and oxygen atoms in total. The molecule has 19 heavy (non-hydrogen) atoms. The molecule has 0 aliphatic rings. The highest BCUT2D eigenvalue weighted by Crippen LogP contribution is 2.29. The van der Waals surface area contributed by atoms with Gasteiger partial charge in [-0.05, 0) is 25.1 Å². The standard InChI is InChI=1S/C13H12N4O2/c1-8-5-9(7-14)17-13(16-8)19-12-6-10(18-2)3-4-11(12)15/h3-6H,15H2,1-2H3. The summed E-state index contributed by atoms with van der Waals surface area (Å²) in [6.45, 7) is 1.75. The normalized spacial score (nSPS) is 9.74. The smallest absolute Gasteiger partial charge is 0.323 e. The van der Waals surface area contributed by atoms with Crippen LogP contribution in [0.5, 0.6) is 17.5 Å². The van der Waals surface area contributed by atoms with Gasteiger partial charge in [0.2, 0.25) is 0 Å². The number of nitrogen functional groups attached to an aromatic ring is 1. The zero-order chi connectivity index (χ0) is 13.8. The number of rotatable bonds is 3. The SMILES string of the molecule is COc1ccc(N)c(Oc2nc(C)cc(C#N)n2)c1. The molecule has 1 heterocycles. The quantitative estimate of drug-likeness (QED) is 0.844.